The van der Waals surface area contributed by atoms with E-state index in [0.717, 1.165) is 37.8 Å². The largest absolute Gasteiger partial charge is 0.349 e. The first kappa shape index (κ1) is 17.1. The van der Waals surface area contributed by atoms with Gasteiger partial charge in [-0.2, -0.15) is 0 Å². The number of hydrogen-bond donors (Lipinski definition) is 2. The molecule has 1 aromatic carbocycles. The van der Waals surface area contributed by atoms with Gasteiger partial charge in [-0.15, -0.1) is 12.4 Å². The average molecular weight is 325 g/mol. The highest BCUT2D eigenvalue weighted by Gasteiger charge is 2.22. The van der Waals surface area contributed by atoms with Crippen molar-refractivity contribution in [2.75, 3.05) is 0 Å². The first-order valence-corrected chi connectivity index (χ1v) is 6.56. The fraction of sp³-hybridized carbons (Fsp3) is 0.462. The topological polar surface area (TPSA) is 55.1 Å². The van der Waals surface area contributed by atoms with Crippen LogP contribution >= 0.6 is 24.0 Å². The Morgan fingerprint density at radius 2 is 1.75 bits per heavy atom. The highest BCUT2D eigenvalue weighted by Crippen LogP contribution is 2.22. The van der Waals surface area contributed by atoms with Crippen LogP contribution < -0.4 is 11.1 Å². The monoisotopic (exact) mass is 324 g/mol. The molecule has 0 aromatic heterocycles. The van der Waals surface area contributed by atoms with Gasteiger partial charge in [0.2, 0.25) is 0 Å². The van der Waals surface area contributed by atoms with Crippen molar-refractivity contribution in [3.05, 3.63) is 34.4 Å². The molecule has 1 aliphatic rings. The molecule has 1 aromatic rings. The highest BCUT2D eigenvalue weighted by atomic mass is 35.5. The van der Waals surface area contributed by atoms with E-state index in [-0.39, 0.29) is 35.1 Å². The summed E-state index contributed by atoms with van der Waals surface area (Å²) in [5.74, 6) is -2.63. The van der Waals surface area contributed by atoms with Crippen LogP contribution in [-0.4, -0.2) is 18.0 Å². The van der Waals surface area contributed by atoms with Crippen LogP contribution in [0.2, 0.25) is 5.02 Å². The zero-order chi connectivity index (χ0) is 14.0. The third kappa shape index (κ3) is 4.04. The maximum atomic E-state index is 13.1. The molecule has 1 fully saturated rings. The van der Waals surface area contributed by atoms with Crippen molar-refractivity contribution in [3.63, 3.8) is 0 Å². The Morgan fingerprint density at radius 1 is 1.20 bits per heavy atom. The fourth-order valence-electron chi connectivity index (χ4n) is 2.22. The van der Waals surface area contributed by atoms with E-state index in [4.69, 9.17) is 17.3 Å². The van der Waals surface area contributed by atoms with Crippen molar-refractivity contribution < 1.29 is 13.6 Å². The molecule has 0 unspecified atom stereocenters. The third-order valence-corrected chi connectivity index (χ3v) is 3.67. The van der Waals surface area contributed by atoms with Crippen molar-refractivity contribution in [2.45, 2.75) is 37.8 Å². The zero-order valence-electron chi connectivity index (χ0n) is 10.7. The Kier molecular flexibility index (Phi) is 6.17. The zero-order valence-corrected chi connectivity index (χ0v) is 12.2. The second-order valence-corrected chi connectivity index (χ2v) is 5.24. The summed E-state index contributed by atoms with van der Waals surface area (Å²) in [6.07, 6.45) is 3.26. The summed E-state index contributed by atoms with van der Waals surface area (Å²) in [6, 6.07) is 1.82. The van der Waals surface area contributed by atoms with Gasteiger partial charge in [0.15, 0.2) is 11.6 Å². The Labute approximate surface area is 127 Å². The Hall–Kier alpha value is -0.910. The van der Waals surface area contributed by atoms with E-state index in [1.807, 2.05) is 0 Å². The standard InChI is InChI=1S/C13H15ClF2N2O.ClH/c14-10-6-12(16)11(15)5-9(10)13(19)18-8-3-1-7(17)2-4-8;/h5-8H,1-4,17H2,(H,18,19);1H. The van der Waals surface area contributed by atoms with Gasteiger partial charge in [0, 0.05) is 12.1 Å². The van der Waals surface area contributed by atoms with Gasteiger partial charge in [0.1, 0.15) is 0 Å². The lowest BCUT2D eigenvalue weighted by atomic mass is 9.91. The van der Waals surface area contributed by atoms with Crippen LogP contribution in [0.4, 0.5) is 8.78 Å². The van der Waals surface area contributed by atoms with E-state index in [1.165, 1.54) is 0 Å². The van der Waals surface area contributed by atoms with Crippen molar-refractivity contribution in [3.8, 4) is 0 Å². The Morgan fingerprint density at radius 3 is 2.35 bits per heavy atom. The minimum absolute atomic E-state index is 0. The van der Waals surface area contributed by atoms with E-state index >= 15 is 0 Å². The molecule has 0 saturated heterocycles. The van der Waals surface area contributed by atoms with Gasteiger partial charge >= 0.3 is 0 Å². The molecule has 0 spiro atoms. The summed E-state index contributed by atoms with van der Waals surface area (Å²) in [5.41, 5.74) is 5.73. The maximum absolute atomic E-state index is 13.1. The van der Waals surface area contributed by atoms with E-state index in [0.29, 0.717) is 0 Å². The second-order valence-electron chi connectivity index (χ2n) is 4.83. The fourth-order valence-corrected chi connectivity index (χ4v) is 2.46. The third-order valence-electron chi connectivity index (χ3n) is 3.36. The molecule has 2 rings (SSSR count). The van der Waals surface area contributed by atoms with Gasteiger partial charge in [-0.25, -0.2) is 8.78 Å². The summed E-state index contributed by atoms with van der Waals surface area (Å²) in [4.78, 5) is 12.0. The van der Waals surface area contributed by atoms with Crippen LogP contribution in [0.1, 0.15) is 36.0 Å². The number of amides is 1. The Balaban J connectivity index is 0.00000200. The smallest absolute Gasteiger partial charge is 0.253 e. The minimum atomic E-state index is -1.08. The number of carbonyl (C=O) groups excluding carboxylic acids is 1. The molecule has 1 saturated carbocycles. The molecule has 0 atom stereocenters. The number of benzene rings is 1. The van der Waals surface area contributed by atoms with E-state index < -0.39 is 17.5 Å². The molecule has 3 nitrogen and oxygen atoms in total. The lowest BCUT2D eigenvalue weighted by molar-refractivity contribution is 0.0925. The number of rotatable bonds is 2. The predicted molar refractivity (Wildman–Crippen MR) is 76.3 cm³/mol. The first-order chi connectivity index (χ1) is 8.97. The number of hydrogen-bond acceptors (Lipinski definition) is 2. The van der Waals surface area contributed by atoms with Crippen LogP contribution in [0.5, 0.6) is 0 Å². The summed E-state index contributed by atoms with van der Waals surface area (Å²) >= 11 is 5.75. The van der Waals surface area contributed by atoms with Crippen LogP contribution in [0.25, 0.3) is 0 Å². The van der Waals surface area contributed by atoms with Gasteiger partial charge in [-0.05, 0) is 37.8 Å². The molecule has 0 heterocycles. The quantitative estimate of drug-likeness (QED) is 0.821. The molecule has 0 radical (unpaired) electrons. The summed E-state index contributed by atoms with van der Waals surface area (Å²) in [5, 5.41) is 2.68. The van der Waals surface area contributed by atoms with Crippen LogP contribution in [0, 0.1) is 11.6 Å². The van der Waals surface area contributed by atoms with Gasteiger partial charge in [-0.1, -0.05) is 11.6 Å². The van der Waals surface area contributed by atoms with Crippen molar-refractivity contribution in [1.29, 1.82) is 0 Å². The molecule has 112 valence electrons. The molecule has 1 amide bonds. The van der Waals surface area contributed by atoms with Crippen LogP contribution in [0.3, 0.4) is 0 Å². The molecule has 20 heavy (non-hydrogen) atoms. The summed E-state index contributed by atoms with van der Waals surface area (Å²) < 4.78 is 26.0. The summed E-state index contributed by atoms with van der Waals surface area (Å²) in [7, 11) is 0. The molecular formula is C13H16Cl2F2N2O. The SMILES string of the molecule is Cl.NC1CCC(NC(=O)c2cc(F)c(F)cc2Cl)CC1. The van der Waals surface area contributed by atoms with Gasteiger partial charge in [0.25, 0.3) is 5.91 Å². The first-order valence-electron chi connectivity index (χ1n) is 6.18. The van der Waals surface area contributed by atoms with Crippen LogP contribution in [-0.2, 0) is 0 Å². The Bertz CT molecular complexity index is 492. The molecular weight excluding hydrogens is 309 g/mol. The number of halogens is 4. The maximum Gasteiger partial charge on any atom is 0.253 e. The lowest BCUT2D eigenvalue weighted by Crippen LogP contribution is -2.40. The van der Waals surface area contributed by atoms with Crippen molar-refractivity contribution in [1.82, 2.24) is 5.32 Å². The number of nitrogens with two attached hydrogens (primary N) is 1. The van der Waals surface area contributed by atoms with Gasteiger partial charge < -0.3 is 11.1 Å². The van der Waals surface area contributed by atoms with Crippen LogP contribution in [0.15, 0.2) is 12.1 Å². The molecule has 3 N–H and O–H groups in total. The summed E-state index contributed by atoms with van der Waals surface area (Å²) in [6.45, 7) is 0. The van der Waals surface area contributed by atoms with Gasteiger partial charge in [0.05, 0.1) is 10.6 Å². The normalized spacial score (nSPS) is 22.0. The van der Waals surface area contributed by atoms with Crippen molar-refractivity contribution in [2.24, 2.45) is 5.73 Å². The van der Waals surface area contributed by atoms with E-state index in [1.54, 1.807) is 0 Å². The second kappa shape index (κ2) is 7.20. The molecule has 0 bridgehead atoms. The van der Waals surface area contributed by atoms with E-state index in [9.17, 15) is 13.6 Å². The average Bonchev–Trinajstić information content (AvgIpc) is 2.36. The van der Waals surface area contributed by atoms with Crippen molar-refractivity contribution >= 4 is 29.9 Å². The highest BCUT2D eigenvalue weighted by molar-refractivity contribution is 6.33. The lowest BCUT2D eigenvalue weighted by Gasteiger charge is -2.26. The molecule has 7 heteroatoms. The van der Waals surface area contributed by atoms with Gasteiger partial charge in [-0.3, -0.25) is 4.79 Å². The number of carbonyl (C=O) groups is 1. The molecule has 1 aliphatic carbocycles. The molecule has 0 aliphatic heterocycles. The number of nitrogens with one attached hydrogen (secondary N) is 1. The predicted octanol–water partition coefficient (Wildman–Crippen LogP) is 3.04. The van der Waals surface area contributed by atoms with E-state index in [2.05, 4.69) is 5.32 Å². The minimum Gasteiger partial charge on any atom is -0.349 e.